The number of ether oxygens (including phenoxy) is 1. The van der Waals surface area contributed by atoms with Gasteiger partial charge in [-0.15, -0.1) is 0 Å². The third-order valence-corrected chi connectivity index (χ3v) is 18.0. The molecule has 0 aromatic heterocycles. The summed E-state index contributed by atoms with van der Waals surface area (Å²) < 4.78 is 130. The van der Waals surface area contributed by atoms with Crippen molar-refractivity contribution < 1.29 is 48.0 Å². The Labute approximate surface area is 396 Å². The van der Waals surface area contributed by atoms with Gasteiger partial charge in [-0.25, -0.2) is 30.0 Å². The van der Waals surface area contributed by atoms with Crippen LogP contribution in [0.25, 0.3) is 0 Å². The molecule has 20 heteroatoms. The molecule has 2 N–H and O–H groups in total. The van der Waals surface area contributed by atoms with Crippen molar-refractivity contribution in [3.63, 3.8) is 0 Å². The zero-order valence-corrected chi connectivity index (χ0v) is 40.6. The Hall–Kier alpha value is -4.24. The largest absolute Gasteiger partial charge is 0.501 e. The first-order valence-corrected chi connectivity index (χ1v) is 27.3. The van der Waals surface area contributed by atoms with Crippen molar-refractivity contribution in [2.75, 3.05) is 81.5 Å². The van der Waals surface area contributed by atoms with E-state index in [1.165, 1.54) is 42.0 Å². The van der Waals surface area contributed by atoms with Crippen LogP contribution in [-0.4, -0.2) is 124 Å². The Morgan fingerprint density at radius 3 is 2.12 bits per heavy atom. The number of benzene rings is 4. The molecule has 2 heterocycles. The van der Waals surface area contributed by atoms with Crippen LogP contribution >= 0.6 is 11.6 Å². The van der Waals surface area contributed by atoms with E-state index in [9.17, 15) is 43.2 Å². The zero-order valence-electron chi connectivity index (χ0n) is 37.4. The molecule has 4 aromatic carbocycles. The quantitative estimate of drug-likeness (QED) is 0.114. The fraction of sp³-hybridized carbons (Fsp3) is 0.468. The van der Waals surface area contributed by atoms with Crippen molar-refractivity contribution >= 4 is 58.6 Å². The van der Waals surface area contributed by atoms with Gasteiger partial charge in [0.2, 0.25) is 0 Å². The minimum Gasteiger partial charge on any atom is -0.380 e. The monoisotopic (exact) mass is 1010 g/mol. The number of sulfone groups is 2. The van der Waals surface area contributed by atoms with Crippen LogP contribution in [0.1, 0.15) is 61.4 Å². The zero-order chi connectivity index (χ0) is 48.2. The smallest absolute Gasteiger partial charge is 0.380 e. The van der Waals surface area contributed by atoms with Crippen molar-refractivity contribution in [1.82, 2.24) is 14.5 Å². The number of hydrogen-bond acceptors (Lipinski definition) is 12. The van der Waals surface area contributed by atoms with Crippen LogP contribution in [0.2, 0.25) is 5.02 Å². The summed E-state index contributed by atoms with van der Waals surface area (Å²) in [5.74, 6) is -0.772. The molecule has 4 aromatic rings. The van der Waals surface area contributed by atoms with Gasteiger partial charge in [-0.1, -0.05) is 55.8 Å². The highest BCUT2D eigenvalue weighted by molar-refractivity contribution is 7.92. The Morgan fingerprint density at radius 1 is 0.821 bits per heavy atom. The van der Waals surface area contributed by atoms with E-state index >= 15 is 0 Å². The second-order valence-electron chi connectivity index (χ2n) is 18.4. The lowest BCUT2D eigenvalue weighted by Crippen LogP contribution is -2.49. The van der Waals surface area contributed by atoms with E-state index in [1.54, 1.807) is 18.2 Å². The molecular formula is C47H57ClF3N5O8S3. The van der Waals surface area contributed by atoms with Gasteiger partial charge < -0.3 is 15.0 Å². The molecule has 13 nitrogen and oxygen atoms in total. The lowest BCUT2D eigenvalue weighted by molar-refractivity contribution is -0.0435. The molecule has 2 aliphatic heterocycles. The Morgan fingerprint density at radius 2 is 1.48 bits per heavy atom. The summed E-state index contributed by atoms with van der Waals surface area (Å²) in [6.45, 7) is 11.0. The number of morpholine rings is 1. The maximum atomic E-state index is 14.2. The molecule has 0 radical (unpaired) electrons. The summed E-state index contributed by atoms with van der Waals surface area (Å²) in [5.41, 5.74) is -4.18. The number of nitrogens with zero attached hydrogens (tertiary/aromatic N) is 3. The minimum atomic E-state index is -6.22. The number of sulfonamides is 1. The van der Waals surface area contributed by atoms with Crippen molar-refractivity contribution in [2.24, 2.45) is 11.3 Å². The van der Waals surface area contributed by atoms with Gasteiger partial charge in [0, 0.05) is 74.7 Å². The third-order valence-electron chi connectivity index (χ3n) is 13.0. The maximum absolute atomic E-state index is 14.2. The first-order chi connectivity index (χ1) is 31.6. The highest BCUT2D eigenvalue weighted by atomic mass is 35.5. The molecule has 1 amide bonds. The summed E-state index contributed by atoms with van der Waals surface area (Å²) in [4.78, 5) is 17.6. The Balaban J connectivity index is 1.03. The highest BCUT2D eigenvalue weighted by Gasteiger charge is 2.49. The standard InChI is InChI=1S/C47H57ClF3N5O8S3/c1-46(2)20-18-42(34-8-12-37(48)13-9-34)36(31-46)32-55-22-24-56(25-23-55)39-14-10-35(11-15-39)45(57)53-67(62,63)41-16-17-43(44(30-41)66(60,61)47(49,50)51)52-38(19-21-54-26-28-64-29-27-54)33-65(58,59)40-6-4-3-5-7-40/h3-17,30,36,38,42,52H,18-29,31-33H2,1-2H3,(H,53,57)/t36?,38-,42?/m1/s1. The second kappa shape index (κ2) is 20.8. The van der Waals surface area contributed by atoms with E-state index in [0.717, 1.165) is 74.8 Å². The number of nitrogens with one attached hydrogen (secondary N) is 2. The Bertz CT molecular complexity index is 2680. The third kappa shape index (κ3) is 12.7. The molecule has 1 aliphatic carbocycles. The predicted molar refractivity (Wildman–Crippen MR) is 253 cm³/mol. The van der Waals surface area contributed by atoms with Crippen LogP contribution in [0.15, 0.2) is 112 Å². The van der Waals surface area contributed by atoms with Gasteiger partial charge in [-0.2, -0.15) is 13.2 Å². The number of halogens is 4. The van der Waals surface area contributed by atoms with Gasteiger partial charge in [0.25, 0.3) is 25.8 Å². The average molecular weight is 1010 g/mol. The van der Waals surface area contributed by atoms with Crippen LogP contribution in [0.4, 0.5) is 24.5 Å². The van der Waals surface area contributed by atoms with Crippen molar-refractivity contribution in [1.29, 1.82) is 0 Å². The average Bonchev–Trinajstić information content (AvgIpc) is 3.29. The first-order valence-electron chi connectivity index (χ1n) is 22.3. The van der Waals surface area contributed by atoms with Crippen LogP contribution in [0, 0.1) is 11.3 Å². The Kier molecular flexibility index (Phi) is 15.7. The van der Waals surface area contributed by atoms with E-state index in [4.69, 9.17) is 16.3 Å². The molecule has 3 aliphatic rings. The van der Waals surface area contributed by atoms with Gasteiger partial charge in [0.05, 0.1) is 34.4 Å². The van der Waals surface area contributed by atoms with E-state index in [0.29, 0.717) is 50.8 Å². The molecule has 3 atom stereocenters. The molecule has 1 saturated carbocycles. The number of rotatable bonds is 16. The number of carbonyl (C=O) groups is 1. The molecule has 2 unspecified atom stereocenters. The SMILES string of the molecule is CC1(C)CCC(c2ccc(Cl)cc2)C(CN2CCN(c3ccc(C(=O)NS(=O)(=O)c4ccc(N[C@H](CCN5CCOCC5)CS(=O)(=O)c5ccccc5)c(S(=O)(=O)C(F)(F)F)c4)cc3)CC2)C1. The summed E-state index contributed by atoms with van der Waals surface area (Å²) >= 11 is 6.20. The normalized spacial score (nSPS) is 20.5. The van der Waals surface area contributed by atoms with E-state index in [-0.39, 0.29) is 22.3 Å². The molecule has 0 bridgehead atoms. The molecular weight excluding hydrogens is 951 g/mol. The number of alkyl halides is 3. The van der Waals surface area contributed by atoms with Gasteiger partial charge in [0.15, 0.2) is 9.84 Å². The second-order valence-corrected chi connectivity index (χ2v) is 24.4. The number of amides is 1. The predicted octanol–water partition coefficient (Wildman–Crippen LogP) is 7.46. The van der Waals surface area contributed by atoms with Crippen LogP contribution < -0.4 is 14.9 Å². The van der Waals surface area contributed by atoms with Crippen LogP contribution in [0.5, 0.6) is 0 Å². The molecule has 7 rings (SSSR count). The first kappa shape index (κ1) is 50.6. The number of piperazine rings is 1. The lowest BCUT2D eigenvalue weighted by Gasteiger charge is -2.45. The lowest BCUT2D eigenvalue weighted by atomic mass is 9.65. The van der Waals surface area contributed by atoms with Crippen molar-refractivity contribution in [3.05, 3.63) is 113 Å². The van der Waals surface area contributed by atoms with Gasteiger partial charge >= 0.3 is 5.51 Å². The van der Waals surface area contributed by atoms with Crippen LogP contribution in [0.3, 0.4) is 0 Å². The number of hydrogen-bond donors (Lipinski definition) is 2. The minimum absolute atomic E-state index is 0.0416. The number of anilines is 2. The molecule has 3 fully saturated rings. The summed E-state index contributed by atoms with van der Waals surface area (Å²) in [6, 6.07) is 22.8. The van der Waals surface area contributed by atoms with E-state index in [2.05, 4.69) is 41.1 Å². The maximum Gasteiger partial charge on any atom is 0.501 e. The topological polar surface area (TPSA) is 162 Å². The van der Waals surface area contributed by atoms with Gasteiger partial charge in [-0.05, 0) is 115 Å². The van der Waals surface area contributed by atoms with Gasteiger partial charge in [-0.3, -0.25) is 14.6 Å². The molecule has 0 spiro atoms. The van der Waals surface area contributed by atoms with E-state index < -0.39 is 68.4 Å². The summed E-state index contributed by atoms with van der Waals surface area (Å²) in [5, 5.41) is 3.42. The van der Waals surface area contributed by atoms with Crippen LogP contribution in [-0.2, 0) is 34.4 Å². The van der Waals surface area contributed by atoms with Crippen molar-refractivity contribution in [2.45, 2.75) is 71.7 Å². The highest BCUT2D eigenvalue weighted by Crippen LogP contribution is 2.47. The molecule has 67 heavy (non-hydrogen) atoms. The molecule has 2 saturated heterocycles. The fourth-order valence-corrected chi connectivity index (χ4v) is 13.1. The summed E-state index contributed by atoms with van der Waals surface area (Å²) in [6.07, 6.45) is 3.46. The molecule has 364 valence electrons. The number of carbonyl (C=O) groups excluding carboxylic acids is 1. The fourth-order valence-electron chi connectivity index (χ4n) is 9.37. The van der Waals surface area contributed by atoms with Gasteiger partial charge in [0.1, 0.15) is 4.90 Å². The van der Waals surface area contributed by atoms with Crippen molar-refractivity contribution in [3.8, 4) is 0 Å². The summed E-state index contributed by atoms with van der Waals surface area (Å²) in [7, 11) is -15.2. The van der Waals surface area contributed by atoms with E-state index in [1.807, 2.05) is 21.8 Å².